The lowest BCUT2D eigenvalue weighted by atomic mass is 10.1. The largest absolute Gasteiger partial charge is 0.399 e. The van der Waals surface area contributed by atoms with E-state index >= 15 is 0 Å². The summed E-state index contributed by atoms with van der Waals surface area (Å²) in [5, 5.41) is 17.0. The average Bonchev–Trinajstić information content (AvgIpc) is 2.47. The van der Waals surface area contributed by atoms with E-state index in [0.29, 0.717) is 11.1 Å². The SMILES string of the molecule is Cc1cc(C#N)cc(I)c1N.Cc1cc(C#N)ccc1N. The maximum Gasteiger partial charge on any atom is 0.0992 e. The molecule has 0 spiro atoms. The van der Waals surface area contributed by atoms with Gasteiger partial charge in [0.15, 0.2) is 0 Å². The van der Waals surface area contributed by atoms with E-state index in [2.05, 4.69) is 28.7 Å². The van der Waals surface area contributed by atoms with Gasteiger partial charge in [-0.05, 0) is 77.9 Å². The highest BCUT2D eigenvalue weighted by Gasteiger charge is 2.00. The van der Waals surface area contributed by atoms with Crippen LogP contribution in [0.5, 0.6) is 0 Å². The van der Waals surface area contributed by atoms with E-state index in [4.69, 9.17) is 22.0 Å². The molecular weight excluding hydrogens is 375 g/mol. The molecule has 106 valence electrons. The van der Waals surface area contributed by atoms with Crippen molar-refractivity contribution in [3.05, 3.63) is 56.2 Å². The normalized spacial score (nSPS) is 9.00. The van der Waals surface area contributed by atoms with Crippen molar-refractivity contribution in [2.45, 2.75) is 13.8 Å². The molecule has 4 nitrogen and oxygen atoms in total. The van der Waals surface area contributed by atoms with Crippen molar-refractivity contribution in [3.63, 3.8) is 0 Å². The molecule has 0 radical (unpaired) electrons. The fourth-order valence-corrected chi connectivity index (χ4v) is 2.33. The highest BCUT2D eigenvalue weighted by Crippen LogP contribution is 2.20. The van der Waals surface area contributed by atoms with Crippen LogP contribution >= 0.6 is 22.6 Å². The van der Waals surface area contributed by atoms with Gasteiger partial charge < -0.3 is 11.5 Å². The summed E-state index contributed by atoms with van der Waals surface area (Å²) >= 11 is 2.12. The molecule has 2 aromatic rings. The summed E-state index contributed by atoms with van der Waals surface area (Å²) in [4.78, 5) is 0. The monoisotopic (exact) mass is 390 g/mol. The molecule has 0 saturated heterocycles. The fraction of sp³-hybridized carbons (Fsp3) is 0.125. The number of hydrogen-bond acceptors (Lipinski definition) is 4. The van der Waals surface area contributed by atoms with E-state index in [1.807, 2.05) is 19.9 Å². The van der Waals surface area contributed by atoms with Gasteiger partial charge in [0.05, 0.1) is 23.3 Å². The molecular formula is C16H15IN4. The molecule has 0 aromatic heterocycles. The van der Waals surface area contributed by atoms with Crippen LogP contribution in [0.3, 0.4) is 0 Å². The quantitative estimate of drug-likeness (QED) is 0.531. The lowest BCUT2D eigenvalue weighted by Gasteiger charge is -2.01. The molecule has 2 rings (SSSR count). The van der Waals surface area contributed by atoms with Crippen LogP contribution in [0.15, 0.2) is 30.3 Å². The summed E-state index contributed by atoms with van der Waals surface area (Å²) in [5.74, 6) is 0. The topological polar surface area (TPSA) is 99.6 Å². The van der Waals surface area contributed by atoms with E-state index in [1.54, 1.807) is 30.3 Å². The lowest BCUT2D eigenvalue weighted by Crippen LogP contribution is -1.93. The number of halogens is 1. The van der Waals surface area contributed by atoms with Crippen LogP contribution in [0.4, 0.5) is 11.4 Å². The number of nitrogen functional groups attached to an aromatic ring is 2. The molecule has 2 aromatic carbocycles. The first-order valence-corrected chi connectivity index (χ1v) is 7.19. The van der Waals surface area contributed by atoms with E-state index < -0.39 is 0 Å². The molecule has 0 aliphatic carbocycles. The van der Waals surface area contributed by atoms with Crippen molar-refractivity contribution in [2.75, 3.05) is 11.5 Å². The van der Waals surface area contributed by atoms with Crippen molar-refractivity contribution >= 4 is 34.0 Å². The van der Waals surface area contributed by atoms with Crippen LogP contribution in [0.25, 0.3) is 0 Å². The molecule has 0 amide bonds. The van der Waals surface area contributed by atoms with Gasteiger partial charge in [0.2, 0.25) is 0 Å². The van der Waals surface area contributed by atoms with E-state index in [-0.39, 0.29) is 0 Å². The van der Waals surface area contributed by atoms with Gasteiger partial charge in [-0.1, -0.05) is 0 Å². The number of aryl methyl sites for hydroxylation is 2. The van der Waals surface area contributed by atoms with Gasteiger partial charge in [0.25, 0.3) is 0 Å². The van der Waals surface area contributed by atoms with Crippen molar-refractivity contribution in [2.24, 2.45) is 0 Å². The Morgan fingerprint density at radius 2 is 1.48 bits per heavy atom. The van der Waals surface area contributed by atoms with E-state index in [0.717, 1.165) is 26.1 Å². The zero-order chi connectivity index (χ0) is 16.0. The zero-order valence-electron chi connectivity index (χ0n) is 11.8. The summed E-state index contributed by atoms with van der Waals surface area (Å²) in [6.45, 7) is 3.79. The summed E-state index contributed by atoms with van der Waals surface area (Å²) in [7, 11) is 0. The van der Waals surface area contributed by atoms with Gasteiger partial charge in [0.1, 0.15) is 0 Å². The molecule has 0 atom stereocenters. The number of benzene rings is 2. The van der Waals surface area contributed by atoms with Crippen LogP contribution in [-0.2, 0) is 0 Å². The Bertz CT molecular complexity index is 716. The standard InChI is InChI=1S/C8H7IN2.C8H8N2/c1-5-2-6(4-10)3-7(9)8(5)11;1-6-4-7(5-9)2-3-8(6)10/h2-3H,11H2,1H3;2-4H,10H2,1H3. The molecule has 4 N–H and O–H groups in total. The average molecular weight is 390 g/mol. The minimum Gasteiger partial charge on any atom is -0.399 e. The summed E-state index contributed by atoms with van der Waals surface area (Å²) < 4.78 is 0.944. The van der Waals surface area contributed by atoms with Gasteiger partial charge in [-0.3, -0.25) is 0 Å². The summed E-state index contributed by atoms with van der Waals surface area (Å²) in [6, 6.07) is 12.9. The fourth-order valence-electron chi connectivity index (χ4n) is 1.57. The van der Waals surface area contributed by atoms with Crippen LogP contribution < -0.4 is 11.5 Å². The van der Waals surface area contributed by atoms with Gasteiger partial charge in [-0.2, -0.15) is 10.5 Å². The third-order valence-electron chi connectivity index (χ3n) is 2.86. The molecule has 0 aliphatic heterocycles. The Labute approximate surface area is 138 Å². The number of nitriles is 2. The van der Waals surface area contributed by atoms with Crippen LogP contribution in [0, 0.1) is 40.1 Å². The second kappa shape index (κ2) is 7.51. The van der Waals surface area contributed by atoms with Gasteiger partial charge >= 0.3 is 0 Å². The van der Waals surface area contributed by atoms with Crippen molar-refractivity contribution in [1.82, 2.24) is 0 Å². The maximum atomic E-state index is 8.58. The molecule has 0 aliphatic rings. The van der Waals surface area contributed by atoms with E-state index in [9.17, 15) is 0 Å². The van der Waals surface area contributed by atoms with E-state index in [1.165, 1.54) is 0 Å². The first-order chi connectivity index (χ1) is 9.88. The Hall–Kier alpha value is -2.25. The highest BCUT2D eigenvalue weighted by atomic mass is 127. The van der Waals surface area contributed by atoms with Crippen LogP contribution in [-0.4, -0.2) is 0 Å². The van der Waals surface area contributed by atoms with Crippen molar-refractivity contribution in [1.29, 1.82) is 10.5 Å². The third kappa shape index (κ3) is 4.66. The molecule has 0 fully saturated rings. The number of nitrogens with zero attached hydrogens (tertiary/aromatic N) is 2. The lowest BCUT2D eigenvalue weighted by molar-refractivity contribution is 1.40. The van der Waals surface area contributed by atoms with Crippen LogP contribution in [0.2, 0.25) is 0 Å². The summed E-state index contributed by atoms with van der Waals surface area (Å²) in [5.41, 5.74) is 16.0. The second-order valence-electron chi connectivity index (χ2n) is 4.48. The first-order valence-electron chi connectivity index (χ1n) is 6.11. The predicted molar refractivity (Wildman–Crippen MR) is 93.3 cm³/mol. The Morgan fingerprint density at radius 1 is 0.905 bits per heavy atom. The Balaban J connectivity index is 0.000000211. The summed E-state index contributed by atoms with van der Waals surface area (Å²) in [6.07, 6.45) is 0. The molecule has 21 heavy (non-hydrogen) atoms. The first kappa shape index (κ1) is 16.8. The zero-order valence-corrected chi connectivity index (χ0v) is 14.0. The predicted octanol–water partition coefficient (Wildman–Crippen LogP) is 3.50. The van der Waals surface area contributed by atoms with Gasteiger partial charge in [0, 0.05) is 14.9 Å². The molecule has 0 heterocycles. The third-order valence-corrected chi connectivity index (χ3v) is 3.76. The molecule has 0 saturated carbocycles. The number of rotatable bonds is 0. The molecule has 0 bridgehead atoms. The van der Waals surface area contributed by atoms with Crippen molar-refractivity contribution < 1.29 is 0 Å². The molecule has 5 heteroatoms. The number of nitrogens with two attached hydrogens (primary N) is 2. The minimum atomic E-state index is 0.659. The molecule has 0 unspecified atom stereocenters. The smallest absolute Gasteiger partial charge is 0.0992 e. The Kier molecular flexibility index (Phi) is 6.01. The number of anilines is 2. The maximum absolute atomic E-state index is 8.58. The second-order valence-corrected chi connectivity index (χ2v) is 5.65. The van der Waals surface area contributed by atoms with Gasteiger partial charge in [-0.25, -0.2) is 0 Å². The van der Waals surface area contributed by atoms with Crippen LogP contribution in [0.1, 0.15) is 22.3 Å². The van der Waals surface area contributed by atoms with Crippen molar-refractivity contribution in [3.8, 4) is 12.1 Å². The Morgan fingerprint density at radius 3 is 1.95 bits per heavy atom. The minimum absolute atomic E-state index is 0.659. The highest BCUT2D eigenvalue weighted by molar-refractivity contribution is 14.1. The van der Waals surface area contributed by atoms with Gasteiger partial charge in [-0.15, -0.1) is 0 Å². The number of hydrogen-bond donors (Lipinski definition) is 2.